The molecule has 2 heterocycles. The van der Waals surface area contributed by atoms with Crippen molar-refractivity contribution in [3.05, 3.63) is 59.9 Å². The molecule has 0 bridgehead atoms. The number of rotatable bonds is 4. The van der Waals surface area contributed by atoms with Crippen LogP contribution in [0.2, 0.25) is 0 Å². The van der Waals surface area contributed by atoms with E-state index in [0.29, 0.717) is 24.2 Å². The van der Waals surface area contributed by atoms with E-state index in [4.69, 9.17) is 0 Å². The van der Waals surface area contributed by atoms with Crippen LogP contribution in [0.1, 0.15) is 27.1 Å². The molecule has 0 saturated carbocycles. The number of hydrogen-bond donors (Lipinski definition) is 1. The van der Waals surface area contributed by atoms with Crippen LogP contribution in [0.5, 0.6) is 0 Å². The minimum Gasteiger partial charge on any atom is -0.378 e. The van der Waals surface area contributed by atoms with Gasteiger partial charge >= 0.3 is 0 Å². The summed E-state index contributed by atoms with van der Waals surface area (Å²) in [5, 5.41) is 3.02. The van der Waals surface area contributed by atoms with E-state index in [-0.39, 0.29) is 17.9 Å². The van der Waals surface area contributed by atoms with Crippen LogP contribution in [0, 0.1) is 0 Å². The van der Waals surface area contributed by atoms with Crippen LogP contribution in [0.3, 0.4) is 0 Å². The Kier molecular flexibility index (Phi) is 4.97. The lowest BCUT2D eigenvalue weighted by molar-refractivity contribution is 0.0783. The maximum Gasteiger partial charge on any atom is 0.254 e. The normalized spacial score (nSPS) is 16.6. The zero-order valence-electron chi connectivity index (χ0n) is 14.5. The molecule has 1 aliphatic heterocycles. The third-order valence-electron chi connectivity index (χ3n) is 4.38. The molecule has 0 radical (unpaired) electrons. The number of amides is 2. The summed E-state index contributed by atoms with van der Waals surface area (Å²) >= 11 is 0. The van der Waals surface area contributed by atoms with E-state index in [1.807, 2.05) is 43.3 Å². The van der Waals surface area contributed by atoms with E-state index in [1.165, 1.54) is 0 Å². The maximum absolute atomic E-state index is 12.4. The number of anilines is 1. The van der Waals surface area contributed by atoms with Crippen molar-refractivity contribution in [2.45, 2.75) is 12.5 Å². The van der Waals surface area contributed by atoms with Gasteiger partial charge in [-0.25, -0.2) is 0 Å². The average Bonchev–Trinajstić information content (AvgIpc) is 3.10. The molecule has 2 amide bonds. The van der Waals surface area contributed by atoms with Gasteiger partial charge in [0.2, 0.25) is 0 Å². The maximum atomic E-state index is 12.4. The van der Waals surface area contributed by atoms with Crippen molar-refractivity contribution in [2.75, 3.05) is 32.1 Å². The highest BCUT2D eigenvalue weighted by atomic mass is 16.2. The number of likely N-dealkylation sites (tertiary alicyclic amines) is 1. The van der Waals surface area contributed by atoms with E-state index in [0.717, 1.165) is 12.1 Å². The van der Waals surface area contributed by atoms with Crippen molar-refractivity contribution >= 4 is 17.5 Å². The second-order valence-corrected chi connectivity index (χ2v) is 6.39. The first-order valence-electron chi connectivity index (χ1n) is 8.32. The lowest BCUT2D eigenvalue weighted by Gasteiger charge is -2.17. The van der Waals surface area contributed by atoms with Crippen LogP contribution in [0.15, 0.2) is 48.8 Å². The molecule has 6 heteroatoms. The summed E-state index contributed by atoms with van der Waals surface area (Å²) in [6, 6.07) is 10.9. The predicted octanol–water partition coefficient (Wildman–Crippen LogP) is 1.79. The van der Waals surface area contributed by atoms with Crippen molar-refractivity contribution in [3.8, 4) is 0 Å². The number of nitrogens with one attached hydrogen (secondary N) is 1. The number of carbonyl (C=O) groups is 2. The van der Waals surface area contributed by atoms with Crippen LogP contribution < -0.4 is 10.2 Å². The van der Waals surface area contributed by atoms with Crippen LogP contribution in [0.25, 0.3) is 0 Å². The predicted molar refractivity (Wildman–Crippen MR) is 96.8 cm³/mol. The van der Waals surface area contributed by atoms with E-state index in [1.54, 1.807) is 29.4 Å². The van der Waals surface area contributed by atoms with Gasteiger partial charge in [-0.05, 0) is 42.8 Å². The van der Waals surface area contributed by atoms with Crippen LogP contribution in [-0.4, -0.2) is 54.9 Å². The summed E-state index contributed by atoms with van der Waals surface area (Å²) < 4.78 is 0. The number of hydrogen-bond acceptors (Lipinski definition) is 4. The van der Waals surface area contributed by atoms with E-state index in [2.05, 4.69) is 10.3 Å². The number of nitrogens with zero attached hydrogens (tertiary/aromatic N) is 3. The SMILES string of the molecule is CN(C)c1ccc(C(=O)N[C@H]2CCN(C(=O)c3ccncc3)C2)cc1. The molecule has 1 aromatic heterocycles. The molecular weight excluding hydrogens is 316 g/mol. The fraction of sp³-hybridized carbons (Fsp3) is 0.316. The van der Waals surface area contributed by atoms with Gasteiger partial charge in [0.25, 0.3) is 11.8 Å². The summed E-state index contributed by atoms with van der Waals surface area (Å²) in [5.41, 5.74) is 2.30. The molecule has 0 aliphatic carbocycles. The smallest absolute Gasteiger partial charge is 0.254 e. The number of aromatic nitrogens is 1. The lowest BCUT2D eigenvalue weighted by Crippen LogP contribution is -2.38. The zero-order valence-corrected chi connectivity index (χ0v) is 14.5. The van der Waals surface area contributed by atoms with Gasteiger partial charge in [0.1, 0.15) is 0 Å². The van der Waals surface area contributed by atoms with Gasteiger partial charge in [0.05, 0.1) is 0 Å². The Morgan fingerprint density at radius 1 is 1.08 bits per heavy atom. The minimum atomic E-state index is -0.103. The van der Waals surface area contributed by atoms with E-state index < -0.39 is 0 Å². The van der Waals surface area contributed by atoms with Crippen LogP contribution in [0.4, 0.5) is 5.69 Å². The van der Waals surface area contributed by atoms with Gasteiger partial charge in [-0.2, -0.15) is 0 Å². The second kappa shape index (κ2) is 7.34. The molecule has 1 aliphatic rings. The summed E-state index contributed by atoms with van der Waals surface area (Å²) in [6.45, 7) is 1.17. The summed E-state index contributed by atoms with van der Waals surface area (Å²) in [7, 11) is 3.92. The Labute approximate surface area is 147 Å². The van der Waals surface area contributed by atoms with Gasteiger partial charge in [-0.15, -0.1) is 0 Å². The molecule has 25 heavy (non-hydrogen) atoms. The lowest BCUT2D eigenvalue weighted by atomic mass is 10.1. The first-order chi connectivity index (χ1) is 12.0. The van der Waals surface area contributed by atoms with Crippen molar-refractivity contribution in [2.24, 2.45) is 0 Å². The highest BCUT2D eigenvalue weighted by molar-refractivity contribution is 5.96. The second-order valence-electron chi connectivity index (χ2n) is 6.39. The third kappa shape index (κ3) is 3.96. The Morgan fingerprint density at radius 3 is 2.40 bits per heavy atom. The van der Waals surface area contributed by atoms with Gasteiger partial charge in [-0.3, -0.25) is 14.6 Å². The topological polar surface area (TPSA) is 65.5 Å². The van der Waals surface area contributed by atoms with Gasteiger partial charge in [-0.1, -0.05) is 0 Å². The molecule has 1 atom stereocenters. The number of carbonyl (C=O) groups excluding carboxylic acids is 2. The molecule has 2 aromatic rings. The first kappa shape index (κ1) is 17.0. The molecule has 1 aromatic carbocycles. The Hall–Kier alpha value is -2.89. The molecule has 0 unspecified atom stereocenters. The molecule has 6 nitrogen and oxygen atoms in total. The monoisotopic (exact) mass is 338 g/mol. The fourth-order valence-corrected chi connectivity index (χ4v) is 2.92. The van der Waals surface area contributed by atoms with Crippen molar-refractivity contribution in [1.82, 2.24) is 15.2 Å². The van der Waals surface area contributed by atoms with Crippen molar-refractivity contribution in [3.63, 3.8) is 0 Å². The minimum absolute atomic E-state index is 0.0190. The number of pyridine rings is 1. The fourth-order valence-electron chi connectivity index (χ4n) is 2.92. The number of benzene rings is 1. The van der Waals surface area contributed by atoms with E-state index in [9.17, 15) is 9.59 Å². The Balaban J connectivity index is 1.57. The molecule has 1 N–H and O–H groups in total. The highest BCUT2D eigenvalue weighted by Crippen LogP contribution is 2.15. The molecule has 0 spiro atoms. The zero-order chi connectivity index (χ0) is 17.8. The molecule has 1 saturated heterocycles. The van der Waals surface area contributed by atoms with Crippen molar-refractivity contribution < 1.29 is 9.59 Å². The summed E-state index contributed by atoms with van der Waals surface area (Å²) in [5.74, 6) is -0.122. The van der Waals surface area contributed by atoms with Crippen molar-refractivity contribution in [1.29, 1.82) is 0 Å². The molecule has 1 fully saturated rings. The van der Waals surface area contributed by atoms with Gasteiger partial charge in [0, 0.05) is 62.4 Å². The standard InChI is InChI=1S/C19H22N4O2/c1-22(2)17-5-3-14(4-6-17)18(24)21-16-9-12-23(13-16)19(25)15-7-10-20-11-8-15/h3-8,10-11,16H,9,12-13H2,1-2H3,(H,21,24)/t16-/m0/s1. The molecular formula is C19H22N4O2. The Bertz CT molecular complexity index is 744. The summed E-state index contributed by atoms with van der Waals surface area (Å²) in [4.78, 5) is 32.5. The van der Waals surface area contributed by atoms with Gasteiger partial charge in [0.15, 0.2) is 0 Å². The average molecular weight is 338 g/mol. The van der Waals surface area contributed by atoms with Crippen LogP contribution >= 0.6 is 0 Å². The Morgan fingerprint density at radius 2 is 1.76 bits per heavy atom. The quantitative estimate of drug-likeness (QED) is 0.923. The summed E-state index contributed by atoms with van der Waals surface area (Å²) in [6.07, 6.45) is 3.98. The molecule has 130 valence electrons. The third-order valence-corrected chi connectivity index (χ3v) is 4.38. The van der Waals surface area contributed by atoms with Gasteiger partial charge < -0.3 is 15.1 Å². The first-order valence-corrected chi connectivity index (χ1v) is 8.32. The highest BCUT2D eigenvalue weighted by Gasteiger charge is 2.28. The van der Waals surface area contributed by atoms with Crippen LogP contribution in [-0.2, 0) is 0 Å². The van der Waals surface area contributed by atoms with E-state index >= 15 is 0 Å². The largest absolute Gasteiger partial charge is 0.378 e. The molecule has 3 rings (SSSR count).